The van der Waals surface area contributed by atoms with E-state index in [-0.39, 0.29) is 25.7 Å². The van der Waals surface area contributed by atoms with Gasteiger partial charge in [0.2, 0.25) is 5.91 Å². The minimum Gasteiger partial charge on any atom is -0.387 e. The molecule has 5 N–H and O–H groups in total. The van der Waals surface area contributed by atoms with Crippen LogP contribution >= 0.6 is 7.82 Å². The van der Waals surface area contributed by atoms with Crippen molar-refractivity contribution in [3.8, 4) is 0 Å². The largest absolute Gasteiger partial charge is 0.472 e. The van der Waals surface area contributed by atoms with Crippen molar-refractivity contribution in [2.75, 3.05) is 19.8 Å². The van der Waals surface area contributed by atoms with E-state index in [0.29, 0.717) is 6.42 Å². The summed E-state index contributed by atoms with van der Waals surface area (Å²) < 4.78 is 22.0. The molecule has 0 bridgehead atoms. The molecule has 292 valence electrons. The van der Waals surface area contributed by atoms with Crippen LogP contribution < -0.4 is 11.1 Å². The SMILES string of the molecule is C/C=C/CC/C=C/CC/C=C/C(O)C(COP(=O)(O)OCCN)NC(=O)CCCCCCCCCCCC/C=C\C/C=C\C/C=C\C/C=C\CC. The van der Waals surface area contributed by atoms with Gasteiger partial charge in [-0.1, -0.05) is 143 Å². The van der Waals surface area contributed by atoms with E-state index < -0.39 is 20.0 Å². The number of nitrogens with one attached hydrogen (secondary N) is 1. The Morgan fingerprint density at radius 1 is 0.686 bits per heavy atom. The van der Waals surface area contributed by atoms with Gasteiger partial charge in [-0.05, 0) is 77.6 Å². The molecule has 0 aliphatic heterocycles. The lowest BCUT2D eigenvalue weighted by Crippen LogP contribution is -2.45. The van der Waals surface area contributed by atoms with Crippen molar-refractivity contribution < 1.29 is 28.4 Å². The Bertz CT molecular complexity index is 1070. The molecule has 0 aliphatic rings. The Morgan fingerprint density at radius 2 is 1.18 bits per heavy atom. The Labute approximate surface area is 311 Å². The van der Waals surface area contributed by atoms with Crippen LogP contribution in [0.2, 0.25) is 0 Å². The first-order valence-corrected chi connectivity index (χ1v) is 21.2. The van der Waals surface area contributed by atoms with Crippen LogP contribution in [0.1, 0.15) is 142 Å². The van der Waals surface area contributed by atoms with Crippen molar-refractivity contribution in [2.24, 2.45) is 5.73 Å². The Balaban J connectivity index is 4.15. The summed E-state index contributed by atoms with van der Waals surface area (Å²) in [5.74, 6) is -0.221. The molecule has 0 saturated carbocycles. The first-order chi connectivity index (χ1) is 24.9. The van der Waals surface area contributed by atoms with Crippen LogP contribution in [0.4, 0.5) is 0 Å². The Kier molecular flexibility index (Phi) is 35.7. The van der Waals surface area contributed by atoms with Gasteiger partial charge in [0.25, 0.3) is 0 Å². The van der Waals surface area contributed by atoms with Gasteiger partial charge in [0, 0.05) is 13.0 Å². The molecule has 1 amide bonds. The molecule has 9 heteroatoms. The lowest BCUT2D eigenvalue weighted by molar-refractivity contribution is -0.123. The van der Waals surface area contributed by atoms with Crippen LogP contribution in [0.15, 0.2) is 85.1 Å². The second kappa shape index (κ2) is 37.4. The molecule has 0 fully saturated rings. The third-order valence-electron chi connectivity index (χ3n) is 8.03. The molecule has 0 rings (SSSR count). The molecule has 51 heavy (non-hydrogen) atoms. The van der Waals surface area contributed by atoms with Crippen molar-refractivity contribution >= 4 is 13.7 Å². The van der Waals surface area contributed by atoms with Crippen LogP contribution in [-0.2, 0) is 18.4 Å². The maximum atomic E-state index is 12.7. The second-order valence-corrected chi connectivity index (χ2v) is 14.2. The van der Waals surface area contributed by atoms with Crippen LogP contribution in [0.25, 0.3) is 0 Å². The molecular formula is C42H73N2O6P. The molecule has 3 unspecified atom stereocenters. The highest BCUT2D eigenvalue weighted by atomic mass is 31.2. The molecule has 0 radical (unpaired) electrons. The standard InChI is InChI=1S/C42H73N2O6P/c1-3-5-7-9-11-13-14-15-16-17-18-19-20-21-22-23-24-25-26-28-30-32-34-36-42(46)44-40(39-50-51(47,48)49-38-37-43)41(45)35-33-31-29-27-12-10-8-6-4-2/h4-7,11-13,15-16,18-19,27,33,35,40-41,45H,3,8-10,14,17,20-26,28-32,34,36-39,43H2,1-2H3,(H,44,46)(H,47,48)/b6-4+,7-5-,13-11-,16-15-,19-18-,27-12+,35-33+. The lowest BCUT2D eigenvalue weighted by atomic mass is 10.0. The molecule has 0 aromatic rings. The first kappa shape index (κ1) is 48.7. The molecule has 3 atom stereocenters. The van der Waals surface area contributed by atoms with E-state index in [1.165, 1.54) is 44.9 Å². The fourth-order valence-corrected chi connectivity index (χ4v) is 5.86. The van der Waals surface area contributed by atoms with Crippen molar-refractivity contribution in [3.63, 3.8) is 0 Å². The number of phosphoric ester groups is 1. The maximum Gasteiger partial charge on any atom is 0.472 e. The quantitative estimate of drug-likeness (QED) is 0.0290. The van der Waals surface area contributed by atoms with Gasteiger partial charge < -0.3 is 21.1 Å². The number of rotatable bonds is 35. The number of hydrogen-bond acceptors (Lipinski definition) is 6. The Hall–Kier alpha value is -2.32. The highest BCUT2D eigenvalue weighted by Gasteiger charge is 2.26. The smallest absolute Gasteiger partial charge is 0.387 e. The highest BCUT2D eigenvalue weighted by molar-refractivity contribution is 7.47. The summed E-state index contributed by atoms with van der Waals surface area (Å²) >= 11 is 0. The average Bonchev–Trinajstić information content (AvgIpc) is 3.12. The van der Waals surface area contributed by atoms with Gasteiger partial charge in [-0.25, -0.2) is 4.57 Å². The average molecular weight is 733 g/mol. The number of amides is 1. The summed E-state index contributed by atoms with van der Waals surface area (Å²) in [6.07, 6.45) is 49.5. The molecule has 0 aromatic carbocycles. The fourth-order valence-electron chi connectivity index (χ4n) is 5.10. The summed E-state index contributed by atoms with van der Waals surface area (Å²) in [5, 5.41) is 13.5. The van der Waals surface area contributed by atoms with Crippen LogP contribution in [0.3, 0.4) is 0 Å². The van der Waals surface area contributed by atoms with E-state index in [9.17, 15) is 19.4 Å². The third kappa shape index (κ3) is 35.9. The van der Waals surface area contributed by atoms with Crippen molar-refractivity contribution in [3.05, 3.63) is 85.1 Å². The van der Waals surface area contributed by atoms with E-state index in [1.54, 1.807) is 6.08 Å². The van der Waals surface area contributed by atoms with E-state index in [4.69, 9.17) is 14.8 Å². The van der Waals surface area contributed by atoms with Gasteiger partial charge in [0.05, 0.1) is 25.4 Å². The molecule has 8 nitrogen and oxygen atoms in total. The molecule has 0 aromatic heterocycles. The van der Waals surface area contributed by atoms with Crippen molar-refractivity contribution in [1.29, 1.82) is 0 Å². The molecule has 0 heterocycles. The minimum absolute atomic E-state index is 0.0664. The fraction of sp³-hybridized carbons (Fsp3) is 0.643. The number of aliphatic hydroxyl groups excluding tert-OH is 1. The summed E-state index contributed by atoms with van der Waals surface area (Å²) in [4.78, 5) is 22.6. The third-order valence-corrected chi connectivity index (χ3v) is 9.01. The topological polar surface area (TPSA) is 131 Å². The van der Waals surface area contributed by atoms with E-state index in [1.807, 2.05) is 19.1 Å². The van der Waals surface area contributed by atoms with Gasteiger partial charge >= 0.3 is 7.82 Å². The predicted molar refractivity (Wildman–Crippen MR) is 216 cm³/mol. The number of phosphoric acid groups is 1. The molecule has 0 saturated heterocycles. The van der Waals surface area contributed by atoms with Gasteiger partial charge in [-0.2, -0.15) is 0 Å². The van der Waals surface area contributed by atoms with Crippen LogP contribution in [0, 0.1) is 0 Å². The monoisotopic (exact) mass is 733 g/mol. The van der Waals surface area contributed by atoms with Gasteiger partial charge in [-0.3, -0.25) is 13.8 Å². The molecular weight excluding hydrogens is 659 g/mol. The van der Waals surface area contributed by atoms with Gasteiger partial charge in [0.1, 0.15) is 0 Å². The van der Waals surface area contributed by atoms with Gasteiger partial charge in [-0.15, -0.1) is 0 Å². The Morgan fingerprint density at radius 3 is 1.75 bits per heavy atom. The van der Waals surface area contributed by atoms with E-state index in [2.05, 4.69) is 79.1 Å². The number of carbonyl (C=O) groups excluding carboxylic acids is 1. The zero-order chi connectivity index (χ0) is 37.5. The number of hydrogen-bond donors (Lipinski definition) is 4. The van der Waals surface area contributed by atoms with Crippen LogP contribution in [0.5, 0.6) is 0 Å². The van der Waals surface area contributed by atoms with Gasteiger partial charge in [0.15, 0.2) is 0 Å². The van der Waals surface area contributed by atoms with Crippen molar-refractivity contribution in [1.82, 2.24) is 5.32 Å². The zero-order valence-corrected chi connectivity index (χ0v) is 32.9. The normalized spacial score (nSPS) is 15.2. The van der Waals surface area contributed by atoms with Crippen molar-refractivity contribution in [2.45, 2.75) is 154 Å². The lowest BCUT2D eigenvalue weighted by Gasteiger charge is -2.23. The summed E-state index contributed by atoms with van der Waals surface area (Å²) in [6, 6.07) is -0.888. The minimum atomic E-state index is -4.35. The number of unbranched alkanes of at least 4 members (excludes halogenated alkanes) is 12. The predicted octanol–water partition coefficient (Wildman–Crippen LogP) is 10.7. The first-order valence-electron chi connectivity index (χ1n) is 19.7. The zero-order valence-electron chi connectivity index (χ0n) is 32.1. The second-order valence-electron chi connectivity index (χ2n) is 12.7. The maximum absolute atomic E-state index is 12.7. The summed E-state index contributed by atoms with van der Waals surface area (Å²) in [6.45, 7) is 3.72. The number of allylic oxidation sites excluding steroid dienone is 13. The summed E-state index contributed by atoms with van der Waals surface area (Å²) in [5.41, 5.74) is 5.34. The van der Waals surface area contributed by atoms with E-state index >= 15 is 0 Å². The molecule has 0 aliphatic carbocycles. The van der Waals surface area contributed by atoms with Crippen LogP contribution in [-0.4, -0.2) is 47.8 Å². The highest BCUT2D eigenvalue weighted by Crippen LogP contribution is 2.43. The number of nitrogens with two attached hydrogens (primary N) is 1. The number of carbonyl (C=O) groups is 1. The number of aliphatic hydroxyl groups is 1. The molecule has 0 spiro atoms. The summed E-state index contributed by atoms with van der Waals surface area (Å²) in [7, 11) is -4.35. The van der Waals surface area contributed by atoms with E-state index in [0.717, 1.165) is 77.0 Å².